The van der Waals surface area contributed by atoms with E-state index in [2.05, 4.69) is 26.7 Å². The highest BCUT2D eigenvalue weighted by Gasteiger charge is 2.21. The van der Waals surface area contributed by atoms with Gasteiger partial charge in [0.05, 0.1) is 18.1 Å². The zero-order chi connectivity index (χ0) is 20.2. The Morgan fingerprint density at radius 2 is 2.00 bits per heavy atom. The molecule has 8 heteroatoms. The lowest BCUT2D eigenvalue weighted by atomic mass is 10.1. The number of phenols is 1. The van der Waals surface area contributed by atoms with Gasteiger partial charge in [-0.1, -0.05) is 12.1 Å². The smallest absolute Gasteiger partial charge is 0.224 e. The number of hydrogen-bond donors (Lipinski definition) is 2. The van der Waals surface area contributed by atoms with Gasteiger partial charge in [0.15, 0.2) is 5.82 Å². The molecule has 0 unspecified atom stereocenters. The molecule has 2 amide bonds. The van der Waals surface area contributed by atoms with Gasteiger partial charge in [0.25, 0.3) is 0 Å². The van der Waals surface area contributed by atoms with E-state index >= 15 is 0 Å². The largest absolute Gasteiger partial charge is 0.508 e. The number of carbonyl (C=O) groups is 2. The molecule has 1 aliphatic heterocycles. The first-order valence-corrected chi connectivity index (χ1v) is 10.2. The monoisotopic (exact) mass is 408 g/mol. The molecule has 2 aromatic heterocycles. The summed E-state index contributed by atoms with van der Waals surface area (Å²) in [5, 5.41) is 14.3. The van der Waals surface area contributed by atoms with Crippen molar-refractivity contribution in [2.45, 2.75) is 25.8 Å². The lowest BCUT2D eigenvalue weighted by molar-refractivity contribution is -0.133. The van der Waals surface area contributed by atoms with E-state index < -0.39 is 0 Å². The molecule has 29 heavy (non-hydrogen) atoms. The van der Waals surface area contributed by atoms with Crippen LogP contribution in [0.5, 0.6) is 5.75 Å². The van der Waals surface area contributed by atoms with Crippen LogP contribution in [0.1, 0.15) is 23.3 Å². The van der Waals surface area contributed by atoms with Crippen molar-refractivity contribution >= 4 is 28.8 Å². The number of fused-ring (bicyclic) bond motifs is 1. The van der Waals surface area contributed by atoms with Gasteiger partial charge in [-0.15, -0.1) is 11.3 Å². The third-order valence-electron chi connectivity index (χ3n) is 4.77. The molecule has 3 heterocycles. The maximum absolute atomic E-state index is 12.4. The fourth-order valence-electron chi connectivity index (χ4n) is 3.25. The summed E-state index contributed by atoms with van der Waals surface area (Å²) in [6.45, 7) is 1.34. The highest BCUT2D eigenvalue weighted by atomic mass is 32.1. The van der Waals surface area contributed by atoms with Gasteiger partial charge >= 0.3 is 0 Å². The summed E-state index contributed by atoms with van der Waals surface area (Å²) in [6, 6.07) is 8.70. The van der Waals surface area contributed by atoms with Gasteiger partial charge in [0, 0.05) is 36.4 Å². The maximum Gasteiger partial charge on any atom is 0.224 e. The van der Waals surface area contributed by atoms with Gasteiger partial charge < -0.3 is 15.3 Å². The van der Waals surface area contributed by atoms with Crippen molar-refractivity contribution < 1.29 is 14.7 Å². The van der Waals surface area contributed by atoms with E-state index in [0.29, 0.717) is 30.2 Å². The van der Waals surface area contributed by atoms with Gasteiger partial charge in [0.2, 0.25) is 11.8 Å². The van der Waals surface area contributed by atoms with E-state index in [4.69, 9.17) is 0 Å². The van der Waals surface area contributed by atoms with E-state index in [1.807, 2.05) is 4.90 Å². The lowest BCUT2D eigenvalue weighted by Gasteiger charge is -2.27. The quantitative estimate of drug-likeness (QED) is 0.676. The molecule has 0 saturated carbocycles. The molecule has 0 saturated heterocycles. The van der Waals surface area contributed by atoms with Crippen LogP contribution in [0.15, 0.2) is 48.1 Å². The molecule has 3 aromatic rings. The fourth-order valence-corrected chi connectivity index (χ4v) is 4.14. The van der Waals surface area contributed by atoms with Crippen molar-refractivity contribution in [3.05, 3.63) is 58.5 Å². The highest BCUT2D eigenvalue weighted by Crippen LogP contribution is 2.24. The van der Waals surface area contributed by atoms with Crippen molar-refractivity contribution in [1.82, 2.24) is 14.9 Å². The highest BCUT2D eigenvalue weighted by molar-refractivity contribution is 7.10. The Morgan fingerprint density at radius 1 is 1.17 bits per heavy atom. The molecule has 0 bridgehead atoms. The molecular formula is C21H20N4O3S. The molecule has 1 aliphatic rings. The number of carbonyl (C=O) groups excluding carboxylic acids is 2. The normalized spacial score (nSPS) is 13.0. The Balaban J connectivity index is 1.28. The van der Waals surface area contributed by atoms with Crippen LogP contribution in [0.2, 0.25) is 0 Å². The van der Waals surface area contributed by atoms with Crippen molar-refractivity contribution in [2.24, 2.45) is 0 Å². The molecule has 148 valence electrons. The number of rotatable bonds is 5. The number of nitrogens with one attached hydrogen (secondary N) is 1. The Hall–Kier alpha value is -3.26. The molecule has 0 fully saturated rings. The van der Waals surface area contributed by atoms with E-state index in [1.54, 1.807) is 35.6 Å². The standard InChI is InChI=1S/C21H20N4O3S/c26-17-3-1-2-14(10-17)21-22-11-16(12-23-21)24-19(27)4-5-20(28)25-8-6-18-15(13-25)7-9-29-18/h1-3,7,9-12,26H,4-6,8,13H2,(H,24,27). The number of benzene rings is 1. The van der Waals surface area contributed by atoms with Crippen LogP contribution in [0.3, 0.4) is 0 Å². The molecule has 2 N–H and O–H groups in total. The Bertz CT molecular complexity index is 1030. The van der Waals surface area contributed by atoms with Crippen LogP contribution < -0.4 is 5.32 Å². The molecule has 0 aliphatic carbocycles. The third-order valence-corrected chi connectivity index (χ3v) is 5.79. The summed E-state index contributed by atoms with van der Waals surface area (Å²) in [5.74, 6) is 0.330. The predicted octanol–water partition coefficient (Wildman–Crippen LogP) is 3.21. The molecule has 0 radical (unpaired) electrons. The van der Waals surface area contributed by atoms with Crippen molar-refractivity contribution in [2.75, 3.05) is 11.9 Å². The molecule has 4 rings (SSSR count). The predicted molar refractivity (Wildman–Crippen MR) is 110 cm³/mol. The van der Waals surface area contributed by atoms with Crippen molar-refractivity contribution in [3.63, 3.8) is 0 Å². The summed E-state index contributed by atoms with van der Waals surface area (Å²) in [7, 11) is 0. The fraction of sp³-hybridized carbons (Fsp3) is 0.238. The zero-order valence-corrected chi connectivity index (χ0v) is 16.5. The lowest BCUT2D eigenvalue weighted by Crippen LogP contribution is -2.35. The van der Waals surface area contributed by atoms with Gasteiger partial charge in [0.1, 0.15) is 5.75 Å². The van der Waals surface area contributed by atoms with Gasteiger partial charge in [-0.05, 0) is 35.6 Å². The van der Waals surface area contributed by atoms with Crippen LogP contribution in [0, 0.1) is 0 Å². The van der Waals surface area contributed by atoms with E-state index in [0.717, 1.165) is 6.42 Å². The van der Waals surface area contributed by atoms with Gasteiger partial charge in [-0.25, -0.2) is 9.97 Å². The molecule has 0 spiro atoms. The maximum atomic E-state index is 12.4. The minimum absolute atomic E-state index is 0.00696. The first-order valence-electron chi connectivity index (χ1n) is 9.33. The SMILES string of the molecule is O=C(CCC(=O)N1CCc2sccc2C1)Nc1cnc(-c2cccc(O)c2)nc1. The first-order chi connectivity index (χ1) is 14.1. The summed E-state index contributed by atoms with van der Waals surface area (Å²) in [6.07, 6.45) is 4.19. The van der Waals surface area contributed by atoms with E-state index in [-0.39, 0.29) is 30.4 Å². The van der Waals surface area contributed by atoms with Crippen LogP contribution in [-0.2, 0) is 22.6 Å². The molecular weight excluding hydrogens is 388 g/mol. The average molecular weight is 408 g/mol. The Labute approximate surface area is 172 Å². The van der Waals surface area contributed by atoms with Crippen molar-refractivity contribution in [3.8, 4) is 17.1 Å². The third kappa shape index (κ3) is 4.60. The first kappa shape index (κ1) is 19.1. The second-order valence-electron chi connectivity index (χ2n) is 6.83. The van der Waals surface area contributed by atoms with Crippen LogP contribution in [-0.4, -0.2) is 38.3 Å². The van der Waals surface area contributed by atoms with Crippen LogP contribution in [0.25, 0.3) is 11.4 Å². The summed E-state index contributed by atoms with van der Waals surface area (Å²) >= 11 is 1.73. The number of phenolic OH excluding ortho intramolecular Hbond substituents is 1. The average Bonchev–Trinajstić information content (AvgIpc) is 3.20. The van der Waals surface area contributed by atoms with E-state index in [1.165, 1.54) is 22.8 Å². The summed E-state index contributed by atoms with van der Waals surface area (Å²) < 4.78 is 0. The Morgan fingerprint density at radius 3 is 2.79 bits per heavy atom. The second-order valence-corrected chi connectivity index (χ2v) is 7.83. The summed E-state index contributed by atoms with van der Waals surface area (Å²) in [5.41, 5.74) is 2.36. The zero-order valence-electron chi connectivity index (χ0n) is 15.7. The Kier molecular flexibility index (Phi) is 5.53. The van der Waals surface area contributed by atoms with Crippen LogP contribution in [0.4, 0.5) is 5.69 Å². The summed E-state index contributed by atoms with van der Waals surface area (Å²) in [4.78, 5) is 36.2. The minimum atomic E-state index is -0.250. The molecule has 7 nitrogen and oxygen atoms in total. The number of hydrogen-bond acceptors (Lipinski definition) is 6. The number of thiophene rings is 1. The van der Waals surface area contributed by atoms with Gasteiger partial charge in [-0.2, -0.15) is 0 Å². The van der Waals surface area contributed by atoms with E-state index in [9.17, 15) is 14.7 Å². The van der Waals surface area contributed by atoms with Gasteiger partial charge in [-0.3, -0.25) is 9.59 Å². The number of amides is 2. The molecule has 0 atom stereocenters. The number of aromatic hydroxyl groups is 1. The minimum Gasteiger partial charge on any atom is -0.508 e. The number of aromatic nitrogens is 2. The van der Waals surface area contributed by atoms with Crippen LogP contribution >= 0.6 is 11.3 Å². The second kappa shape index (κ2) is 8.40. The number of anilines is 1. The topological polar surface area (TPSA) is 95.4 Å². The molecule has 1 aromatic carbocycles. The van der Waals surface area contributed by atoms with Crippen molar-refractivity contribution in [1.29, 1.82) is 0 Å². The number of nitrogens with zero attached hydrogens (tertiary/aromatic N) is 3.